The Morgan fingerprint density at radius 1 is 1.18 bits per heavy atom. The number of amides is 1. The number of nitrogens with two attached hydrogens (primary N) is 2. The number of primary amides is 1. The quantitative estimate of drug-likeness (QED) is 0.710. The monoisotopic (exact) mass is 238 g/mol. The van der Waals surface area contributed by atoms with Crippen LogP contribution in [0.5, 0.6) is 0 Å². The predicted molar refractivity (Wildman–Crippen MR) is 59.7 cm³/mol. The summed E-state index contributed by atoms with van der Waals surface area (Å²) in [6.45, 7) is -0.160. The van der Waals surface area contributed by atoms with Gasteiger partial charge in [0.1, 0.15) is 19.3 Å². The number of hydrogen-bond donors (Lipinski definition) is 2. The third-order valence-corrected chi connectivity index (χ3v) is 1.93. The number of carbonyl (C=O) groups excluding carboxylic acids is 2. The van der Waals surface area contributed by atoms with Crippen LogP contribution in [0.3, 0.4) is 0 Å². The van der Waals surface area contributed by atoms with Crippen LogP contribution >= 0.6 is 0 Å². The Labute approximate surface area is 98.5 Å². The fraction of sp³-hybridized carbons (Fsp3) is 0.273. The normalized spacial score (nSPS) is 11.6. The van der Waals surface area contributed by atoms with E-state index in [9.17, 15) is 9.59 Å². The molecule has 0 saturated carbocycles. The van der Waals surface area contributed by atoms with Crippen LogP contribution in [0.15, 0.2) is 30.3 Å². The van der Waals surface area contributed by atoms with Crippen molar-refractivity contribution in [1.29, 1.82) is 0 Å². The molecule has 1 rings (SSSR count). The van der Waals surface area contributed by atoms with Gasteiger partial charge in [0.05, 0.1) is 0 Å². The molecule has 0 bridgehead atoms. The van der Waals surface area contributed by atoms with Crippen LogP contribution in [0.4, 0.5) is 4.79 Å². The summed E-state index contributed by atoms with van der Waals surface area (Å²) in [5.74, 6) is -0.643. The van der Waals surface area contributed by atoms with Gasteiger partial charge in [-0.3, -0.25) is 4.79 Å². The number of hydrogen-bond acceptors (Lipinski definition) is 5. The topological polar surface area (TPSA) is 105 Å². The van der Waals surface area contributed by atoms with Crippen LogP contribution in [0, 0.1) is 0 Å². The lowest BCUT2D eigenvalue weighted by Gasteiger charge is -2.10. The van der Waals surface area contributed by atoms with Crippen molar-refractivity contribution in [3.63, 3.8) is 0 Å². The maximum absolute atomic E-state index is 11.3. The number of rotatable bonds is 5. The van der Waals surface area contributed by atoms with E-state index in [-0.39, 0.29) is 13.2 Å². The third kappa shape index (κ3) is 4.98. The van der Waals surface area contributed by atoms with Gasteiger partial charge in [0.15, 0.2) is 0 Å². The Kier molecular flexibility index (Phi) is 4.96. The molecule has 0 spiro atoms. The van der Waals surface area contributed by atoms with Crippen molar-refractivity contribution < 1.29 is 19.1 Å². The molecule has 0 aromatic heterocycles. The summed E-state index contributed by atoms with van der Waals surface area (Å²) in [7, 11) is 0. The molecule has 1 aromatic carbocycles. The summed E-state index contributed by atoms with van der Waals surface area (Å²) in [5, 5.41) is 0. The van der Waals surface area contributed by atoms with Crippen LogP contribution in [0.1, 0.15) is 5.56 Å². The molecule has 6 nitrogen and oxygen atoms in total. The fourth-order valence-corrected chi connectivity index (χ4v) is 1.08. The van der Waals surface area contributed by atoms with Crippen molar-refractivity contribution in [3.05, 3.63) is 35.9 Å². The fourth-order valence-electron chi connectivity index (χ4n) is 1.08. The van der Waals surface area contributed by atoms with Gasteiger partial charge < -0.3 is 20.9 Å². The van der Waals surface area contributed by atoms with Gasteiger partial charge in [0.25, 0.3) is 0 Å². The second-order valence-electron chi connectivity index (χ2n) is 3.33. The highest BCUT2D eigenvalue weighted by atomic mass is 16.6. The van der Waals surface area contributed by atoms with E-state index >= 15 is 0 Å². The van der Waals surface area contributed by atoms with Crippen molar-refractivity contribution in [2.24, 2.45) is 11.5 Å². The van der Waals surface area contributed by atoms with Crippen molar-refractivity contribution >= 4 is 12.1 Å². The third-order valence-electron chi connectivity index (χ3n) is 1.93. The molecule has 0 radical (unpaired) electrons. The van der Waals surface area contributed by atoms with Gasteiger partial charge in [-0.25, -0.2) is 4.79 Å². The first-order chi connectivity index (χ1) is 8.09. The van der Waals surface area contributed by atoms with E-state index < -0.39 is 18.1 Å². The van der Waals surface area contributed by atoms with Crippen LogP contribution in [-0.4, -0.2) is 24.7 Å². The Morgan fingerprint density at radius 2 is 1.82 bits per heavy atom. The van der Waals surface area contributed by atoms with E-state index in [2.05, 4.69) is 4.74 Å². The minimum absolute atomic E-state index is 0.129. The number of carbonyl (C=O) groups is 2. The van der Waals surface area contributed by atoms with Crippen LogP contribution in [0.25, 0.3) is 0 Å². The summed E-state index contributed by atoms with van der Waals surface area (Å²) in [6, 6.07) is 8.14. The molecule has 0 heterocycles. The van der Waals surface area contributed by atoms with Crippen LogP contribution < -0.4 is 11.5 Å². The second-order valence-corrected chi connectivity index (χ2v) is 3.33. The summed E-state index contributed by atoms with van der Waals surface area (Å²) in [6.07, 6.45) is -0.976. The van der Waals surface area contributed by atoms with Crippen molar-refractivity contribution in [1.82, 2.24) is 0 Å². The highest BCUT2D eigenvalue weighted by molar-refractivity contribution is 5.76. The van der Waals surface area contributed by atoms with Crippen molar-refractivity contribution in [2.75, 3.05) is 6.61 Å². The van der Waals surface area contributed by atoms with Gasteiger partial charge in [-0.1, -0.05) is 30.3 Å². The molecular formula is C11H14N2O4. The first-order valence-electron chi connectivity index (χ1n) is 4.98. The molecule has 0 aliphatic rings. The lowest BCUT2D eigenvalue weighted by molar-refractivity contribution is -0.147. The average Bonchev–Trinajstić information content (AvgIpc) is 2.34. The molecule has 0 saturated heterocycles. The van der Waals surface area contributed by atoms with Crippen molar-refractivity contribution in [3.8, 4) is 0 Å². The number of esters is 1. The minimum atomic E-state index is -1.02. The second kappa shape index (κ2) is 6.49. The Bertz CT molecular complexity index is 380. The van der Waals surface area contributed by atoms with Gasteiger partial charge >= 0.3 is 12.1 Å². The van der Waals surface area contributed by atoms with Gasteiger partial charge in [0, 0.05) is 0 Å². The molecule has 0 aliphatic carbocycles. The van der Waals surface area contributed by atoms with Crippen LogP contribution in [0.2, 0.25) is 0 Å². The first-order valence-corrected chi connectivity index (χ1v) is 4.98. The first kappa shape index (κ1) is 13.0. The standard InChI is InChI=1S/C11H14N2O4/c12-9(7-17-11(13)15)10(14)16-6-8-4-2-1-3-5-8/h1-5,9H,6-7,12H2,(H2,13,15). The molecule has 1 atom stereocenters. The largest absolute Gasteiger partial charge is 0.460 e. The SMILES string of the molecule is NC(=O)OCC(N)C(=O)OCc1ccccc1. The van der Waals surface area contributed by atoms with Gasteiger partial charge in [0.2, 0.25) is 0 Å². The maximum atomic E-state index is 11.3. The van der Waals surface area contributed by atoms with E-state index in [0.717, 1.165) is 5.56 Å². The van der Waals surface area contributed by atoms with E-state index in [1.165, 1.54) is 0 Å². The molecule has 6 heteroatoms. The summed E-state index contributed by atoms with van der Waals surface area (Å²) in [4.78, 5) is 21.6. The smallest absolute Gasteiger partial charge is 0.404 e. The van der Waals surface area contributed by atoms with Gasteiger partial charge in [-0.05, 0) is 5.56 Å². The molecule has 17 heavy (non-hydrogen) atoms. The zero-order valence-corrected chi connectivity index (χ0v) is 9.17. The van der Waals surface area contributed by atoms with E-state index in [1.807, 2.05) is 30.3 Å². The highest BCUT2D eigenvalue weighted by Gasteiger charge is 2.16. The Balaban J connectivity index is 2.32. The minimum Gasteiger partial charge on any atom is -0.460 e. The molecule has 1 unspecified atom stereocenters. The van der Waals surface area contributed by atoms with E-state index in [1.54, 1.807) is 0 Å². The highest BCUT2D eigenvalue weighted by Crippen LogP contribution is 2.01. The number of benzene rings is 1. The number of ether oxygens (including phenoxy) is 2. The maximum Gasteiger partial charge on any atom is 0.404 e. The molecule has 92 valence electrons. The molecular weight excluding hydrogens is 224 g/mol. The lowest BCUT2D eigenvalue weighted by Crippen LogP contribution is -2.38. The molecule has 0 aliphatic heterocycles. The molecule has 4 N–H and O–H groups in total. The predicted octanol–water partition coefficient (Wildman–Crippen LogP) is 0.152. The van der Waals surface area contributed by atoms with Crippen molar-refractivity contribution in [2.45, 2.75) is 12.6 Å². The van der Waals surface area contributed by atoms with E-state index in [4.69, 9.17) is 16.2 Å². The van der Waals surface area contributed by atoms with Gasteiger partial charge in [-0.2, -0.15) is 0 Å². The summed E-state index contributed by atoms with van der Waals surface area (Å²) >= 11 is 0. The zero-order valence-electron chi connectivity index (χ0n) is 9.17. The lowest BCUT2D eigenvalue weighted by atomic mass is 10.2. The zero-order chi connectivity index (χ0) is 12.7. The van der Waals surface area contributed by atoms with Crippen LogP contribution in [-0.2, 0) is 20.9 Å². The molecule has 1 aromatic rings. The molecule has 1 amide bonds. The summed E-state index contributed by atoms with van der Waals surface area (Å²) in [5.41, 5.74) is 11.0. The van der Waals surface area contributed by atoms with Gasteiger partial charge in [-0.15, -0.1) is 0 Å². The van der Waals surface area contributed by atoms with E-state index in [0.29, 0.717) is 0 Å². The average molecular weight is 238 g/mol. The Morgan fingerprint density at radius 3 is 2.41 bits per heavy atom. The molecule has 0 fully saturated rings. The Hall–Kier alpha value is -2.08. The summed E-state index contributed by atoms with van der Waals surface area (Å²) < 4.78 is 9.32.